The molecule has 2 bridgehead atoms. The molecule has 0 aromatic carbocycles. The van der Waals surface area contributed by atoms with Gasteiger partial charge in [-0.25, -0.2) is 0 Å². The van der Waals surface area contributed by atoms with Gasteiger partial charge in [0.2, 0.25) is 0 Å². The van der Waals surface area contributed by atoms with Crippen LogP contribution in [0.2, 0.25) is 0 Å². The van der Waals surface area contributed by atoms with Gasteiger partial charge in [-0.05, 0) is 12.8 Å². The average molecular weight is 180 g/mol. The van der Waals surface area contributed by atoms with Gasteiger partial charge in [0.1, 0.15) is 0 Å². The number of fused-ring (bicyclic) bond motifs is 2. The van der Waals surface area contributed by atoms with Crippen molar-refractivity contribution in [3.63, 3.8) is 0 Å². The van der Waals surface area contributed by atoms with Crippen LogP contribution in [0.1, 0.15) is 25.7 Å². The quantitative estimate of drug-likeness (QED) is 0.671. The molecule has 0 saturated carbocycles. The number of hydrogen-bond acceptors (Lipinski definition) is 2. The highest BCUT2D eigenvalue weighted by atomic mass is 16.5. The van der Waals surface area contributed by atoms with Crippen LogP contribution in [0.3, 0.4) is 0 Å². The third kappa shape index (κ3) is 1.69. The van der Waals surface area contributed by atoms with E-state index < -0.39 is 0 Å². The lowest BCUT2D eigenvalue weighted by Gasteiger charge is -2.36. The molecular formula is C11H16O2. The first kappa shape index (κ1) is 8.97. The first-order valence-electron chi connectivity index (χ1n) is 4.90. The fraction of sp³-hybridized carbons (Fsp3) is 0.636. The molecule has 1 saturated heterocycles. The maximum atomic E-state index is 9.61. The van der Waals surface area contributed by atoms with Crippen LogP contribution in [0.4, 0.5) is 0 Å². The molecule has 3 atom stereocenters. The number of rotatable bonds is 3. The predicted octanol–water partition coefficient (Wildman–Crippen LogP) is 1.80. The highest BCUT2D eigenvalue weighted by Crippen LogP contribution is 2.39. The lowest BCUT2D eigenvalue weighted by molar-refractivity contribution is -0.107. The second kappa shape index (κ2) is 3.28. The Morgan fingerprint density at radius 3 is 3.31 bits per heavy atom. The summed E-state index contributed by atoms with van der Waals surface area (Å²) < 4.78 is 5.84. The molecule has 0 aromatic rings. The number of allylic oxidation sites excluding steroid dienone is 1. The Labute approximate surface area is 78.9 Å². The molecule has 2 heteroatoms. The molecule has 0 radical (unpaired) electrons. The monoisotopic (exact) mass is 180 g/mol. The SMILES string of the molecule is C=CCCC12C=CC(C[C@@H](O)C1)O2. The molecule has 2 aliphatic heterocycles. The summed E-state index contributed by atoms with van der Waals surface area (Å²) in [6.07, 6.45) is 9.45. The lowest BCUT2D eigenvalue weighted by Crippen LogP contribution is -2.40. The Bertz CT molecular complexity index is 234. The van der Waals surface area contributed by atoms with Crippen LogP contribution in [0.5, 0.6) is 0 Å². The standard InChI is InChI=1S/C11H16O2/c1-2-3-5-11-6-4-10(13-11)7-9(12)8-11/h2,4,6,9-10,12H,1,3,5,7-8H2/t9-,10?,11?/m1/s1. The molecule has 72 valence electrons. The average Bonchev–Trinajstić information content (AvgIpc) is 2.40. The van der Waals surface area contributed by atoms with Gasteiger partial charge in [0.05, 0.1) is 17.8 Å². The van der Waals surface area contributed by atoms with Crippen molar-refractivity contribution in [3.05, 3.63) is 24.8 Å². The van der Waals surface area contributed by atoms with Gasteiger partial charge < -0.3 is 9.84 Å². The molecular weight excluding hydrogens is 164 g/mol. The third-order valence-corrected chi connectivity index (χ3v) is 2.86. The maximum absolute atomic E-state index is 9.61. The van der Waals surface area contributed by atoms with Gasteiger partial charge in [0.15, 0.2) is 0 Å². The van der Waals surface area contributed by atoms with Crippen molar-refractivity contribution < 1.29 is 9.84 Å². The molecule has 13 heavy (non-hydrogen) atoms. The molecule has 2 heterocycles. The summed E-state index contributed by atoms with van der Waals surface area (Å²) >= 11 is 0. The molecule has 2 aliphatic rings. The Morgan fingerprint density at radius 2 is 2.54 bits per heavy atom. The molecule has 0 aromatic heterocycles. The van der Waals surface area contributed by atoms with E-state index in [0.717, 1.165) is 25.7 Å². The van der Waals surface area contributed by atoms with Crippen LogP contribution in [0, 0.1) is 0 Å². The second-order valence-corrected chi connectivity index (χ2v) is 4.00. The van der Waals surface area contributed by atoms with Crippen molar-refractivity contribution in [1.29, 1.82) is 0 Å². The largest absolute Gasteiger partial charge is 0.393 e. The van der Waals surface area contributed by atoms with E-state index in [9.17, 15) is 5.11 Å². The van der Waals surface area contributed by atoms with Crippen LogP contribution in [-0.4, -0.2) is 22.9 Å². The summed E-state index contributed by atoms with van der Waals surface area (Å²) in [6, 6.07) is 0. The Hall–Kier alpha value is -0.600. The van der Waals surface area contributed by atoms with E-state index in [2.05, 4.69) is 18.7 Å². The van der Waals surface area contributed by atoms with Gasteiger partial charge in [-0.1, -0.05) is 18.2 Å². The van der Waals surface area contributed by atoms with Gasteiger partial charge in [-0.3, -0.25) is 0 Å². The summed E-state index contributed by atoms with van der Waals surface area (Å²) in [6.45, 7) is 3.70. The first-order chi connectivity index (χ1) is 6.24. The molecule has 0 spiro atoms. The van der Waals surface area contributed by atoms with E-state index in [0.29, 0.717) is 0 Å². The number of ether oxygens (including phenoxy) is 1. The van der Waals surface area contributed by atoms with Crippen molar-refractivity contribution in [3.8, 4) is 0 Å². The Balaban J connectivity index is 2.04. The number of aliphatic hydroxyl groups excluding tert-OH is 1. The topological polar surface area (TPSA) is 29.5 Å². The summed E-state index contributed by atoms with van der Waals surface area (Å²) in [5, 5.41) is 9.61. The summed E-state index contributed by atoms with van der Waals surface area (Å²) in [4.78, 5) is 0. The van der Waals surface area contributed by atoms with Gasteiger partial charge >= 0.3 is 0 Å². The zero-order chi connectivity index (χ0) is 9.31. The highest BCUT2D eigenvalue weighted by molar-refractivity contribution is 5.16. The third-order valence-electron chi connectivity index (χ3n) is 2.86. The fourth-order valence-corrected chi connectivity index (χ4v) is 2.25. The lowest BCUT2D eigenvalue weighted by atomic mass is 9.89. The van der Waals surface area contributed by atoms with E-state index >= 15 is 0 Å². The minimum atomic E-state index is -0.196. The zero-order valence-electron chi connectivity index (χ0n) is 7.78. The van der Waals surface area contributed by atoms with Crippen molar-refractivity contribution in [2.75, 3.05) is 0 Å². The molecule has 2 nitrogen and oxygen atoms in total. The van der Waals surface area contributed by atoms with Crippen molar-refractivity contribution in [2.24, 2.45) is 0 Å². The first-order valence-corrected chi connectivity index (χ1v) is 4.90. The molecule has 0 aliphatic carbocycles. The van der Waals surface area contributed by atoms with Gasteiger partial charge in [-0.2, -0.15) is 0 Å². The van der Waals surface area contributed by atoms with Crippen LogP contribution in [0.25, 0.3) is 0 Å². The maximum Gasteiger partial charge on any atom is 0.0899 e. The molecule has 1 fully saturated rings. The van der Waals surface area contributed by atoms with Crippen molar-refractivity contribution >= 4 is 0 Å². The molecule has 0 amide bonds. The molecule has 2 rings (SSSR count). The minimum Gasteiger partial charge on any atom is -0.393 e. The normalized spacial score (nSPS) is 42.2. The fourth-order valence-electron chi connectivity index (χ4n) is 2.25. The smallest absolute Gasteiger partial charge is 0.0899 e. The summed E-state index contributed by atoms with van der Waals surface area (Å²) in [5.41, 5.74) is -0.184. The van der Waals surface area contributed by atoms with Crippen molar-refractivity contribution in [1.82, 2.24) is 0 Å². The van der Waals surface area contributed by atoms with Crippen LogP contribution in [0.15, 0.2) is 24.8 Å². The van der Waals surface area contributed by atoms with Crippen LogP contribution < -0.4 is 0 Å². The van der Waals surface area contributed by atoms with E-state index in [1.54, 1.807) is 0 Å². The van der Waals surface area contributed by atoms with Gasteiger partial charge in [0, 0.05) is 12.8 Å². The van der Waals surface area contributed by atoms with E-state index in [-0.39, 0.29) is 17.8 Å². The van der Waals surface area contributed by atoms with Crippen LogP contribution >= 0.6 is 0 Å². The van der Waals surface area contributed by atoms with E-state index in [1.165, 1.54) is 0 Å². The van der Waals surface area contributed by atoms with Gasteiger partial charge in [0.25, 0.3) is 0 Å². The van der Waals surface area contributed by atoms with Gasteiger partial charge in [-0.15, -0.1) is 6.58 Å². The number of hydrogen-bond donors (Lipinski definition) is 1. The van der Waals surface area contributed by atoms with Crippen molar-refractivity contribution in [2.45, 2.75) is 43.5 Å². The number of aliphatic hydroxyl groups is 1. The van der Waals surface area contributed by atoms with E-state index in [1.807, 2.05) is 6.08 Å². The summed E-state index contributed by atoms with van der Waals surface area (Å²) in [5.74, 6) is 0. The molecule has 1 N–H and O–H groups in total. The Morgan fingerprint density at radius 1 is 1.69 bits per heavy atom. The Kier molecular flexibility index (Phi) is 2.26. The molecule has 2 unspecified atom stereocenters. The van der Waals surface area contributed by atoms with Crippen LogP contribution in [-0.2, 0) is 4.74 Å². The minimum absolute atomic E-state index is 0.147. The van der Waals surface area contributed by atoms with E-state index in [4.69, 9.17) is 4.74 Å². The summed E-state index contributed by atoms with van der Waals surface area (Å²) in [7, 11) is 0. The zero-order valence-corrected chi connectivity index (χ0v) is 7.78. The second-order valence-electron chi connectivity index (χ2n) is 4.00. The predicted molar refractivity (Wildman–Crippen MR) is 51.4 cm³/mol. The highest BCUT2D eigenvalue weighted by Gasteiger charge is 2.41.